The Kier molecular flexibility index (Phi) is 2.88. The Bertz CT molecular complexity index is 471. The molecule has 1 unspecified atom stereocenters. The first-order chi connectivity index (χ1) is 8.42. The van der Waals surface area contributed by atoms with Gasteiger partial charge < -0.3 is 10.3 Å². The Morgan fingerprint density at radius 1 is 1.35 bits per heavy atom. The molecule has 4 nitrogen and oxygen atoms in total. The van der Waals surface area contributed by atoms with Crippen LogP contribution in [0.2, 0.25) is 0 Å². The van der Waals surface area contributed by atoms with Crippen LogP contribution in [-0.4, -0.2) is 28.0 Å². The van der Waals surface area contributed by atoms with E-state index in [9.17, 15) is 0 Å². The molecule has 0 spiro atoms. The van der Waals surface area contributed by atoms with Gasteiger partial charge in [0.15, 0.2) is 0 Å². The van der Waals surface area contributed by atoms with E-state index in [2.05, 4.69) is 20.3 Å². The summed E-state index contributed by atoms with van der Waals surface area (Å²) in [5.74, 6) is 1.81. The van der Waals surface area contributed by atoms with Crippen LogP contribution in [0, 0.1) is 5.92 Å². The number of nitrogens with zero attached hydrogens (tertiary/aromatic N) is 2. The Morgan fingerprint density at radius 3 is 3.12 bits per heavy atom. The van der Waals surface area contributed by atoms with Crippen molar-refractivity contribution in [2.24, 2.45) is 5.92 Å². The summed E-state index contributed by atoms with van der Waals surface area (Å²) in [5, 5.41) is 3.38. The second-order valence-corrected chi connectivity index (χ2v) is 4.55. The maximum absolute atomic E-state index is 4.44. The smallest absolute Gasteiger partial charge is 0.106 e. The van der Waals surface area contributed by atoms with E-state index in [1.165, 1.54) is 6.42 Å². The van der Waals surface area contributed by atoms with Crippen molar-refractivity contribution in [1.82, 2.24) is 20.3 Å². The van der Waals surface area contributed by atoms with Gasteiger partial charge in [-0.05, 0) is 37.6 Å². The van der Waals surface area contributed by atoms with Crippen molar-refractivity contribution < 1.29 is 0 Å². The lowest BCUT2D eigenvalue weighted by molar-refractivity contribution is 0.565. The zero-order valence-corrected chi connectivity index (χ0v) is 9.69. The van der Waals surface area contributed by atoms with Gasteiger partial charge in [-0.1, -0.05) is 0 Å². The average Bonchev–Trinajstić information content (AvgIpc) is 3.02. The van der Waals surface area contributed by atoms with Gasteiger partial charge in [0.25, 0.3) is 0 Å². The van der Waals surface area contributed by atoms with E-state index in [1.54, 1.807) is 6.20 Å². The molecule has 0 saturated carbocycles. The summed E-state index contributed by atoms with van der Waals surface area (Å²) < 4.78 is 0. The summed E-state index contributed by atoms with van der Waals surface area (Å²) in [4.78, 5) is 11.9. The number of hydrogen-bond acceptors (Lipinski definition) is 3. The molecule has 0 bridgehead atoms. The van der Waals surface area contributed by atoms with E-state index in [0.717, 1.165) is 42.5 Å². The largest absolute Gasteiger partial charge is 0.342 e. The molecule has 17 heavy (non-hydrogen) atoms. The van der Waals surface area contributed by atoms with Crippen molar-refractivity contribution in [3.63, 3.8) is 0 Å². The predicted octanol–water partition coefficient (Wildman–Crippen LogP) is 1.62. The lowest BCUT2D eigenvalue weighted by Crippen LogP contribution is -2.11. The van der Waals surface area contributed by atoms with Crippen molar-refractivity contribution >= 4 is 0 Å². The lowest BCUT2D eigenvalue weighted by Gasteiger charge is -2.04. The van der Waals surface area contributed by atoms with Gasteiger partial charge in [0.05, 0.1) is 11.9 Å². The maximum Gasteiger partial charge on any atom is 0.106 e. The molecule has 1 saturated heterocycles. The molecule has 4 heteroatoms. The molecular formula is C13H16N4. The molecule has 1 aliphatic heterocycles. The van der Waals surface area contributed by atoms with Crippen LogP contribution in [0.5, 0.6) is 0 Å². The van der Waals surface area contributed by atoms with Gasteiger partial charge in [0.1, 0.15) is 5.82 Å². The highest BCUT2D eigenvalue weighted by Gasteiger charge is 2.16. The number of aromatic amines is 1. The fourth-order valence-corrected chi connectivity index (χ4v) is 2.30. The SMILES string of the molecule is c1cncc(-c2cnc(CC3CCNC3)[nH]2)c1. The van der Waals surface area contributed by atoms with Crippen molar-refractivity contribution in [2.45, 2.75) is 12.8 Å². The van der Waals surface area contributed by atoms with Crippen LogP contribution in [-0.2, 0) is 6.42 Å². The lowest BCUT2D eigenvalue weighted by atomic mass is 10.1. The van der Waals surface area contributed by atoms with Gasteiger partial charge in [0, 0.05) is 24.4 Å². The monoisotopic (exact) mass is 228 g/mol. The topological polar surface area (TPSA) is 53.6 Å². The Morgan fingerprint density at radius 2 is 2.35 bits per heavy atom. The average molecular weight is 228 g/mol. The summed E-state index contributed by atoms with van der Waals surface area (Å²) >= 11 is 0. The van der Waals surface area contributed by atoms with Gasteiger partial charge in [-0.2, -0.15) is 0 Å². The molecular weight excluding hydrogens is 212 g/mol. The zero-order valence-electron chi connectivity index (χ0n) is 9.69. The molecule has 0 amide bonds. The second-order valence-electron chi connectivity index (χ2n) is 4.55. The third-order valence-electron chi connectivity index (χ3n) is 3.25. The molecule has 2 N–H and O–H groups in total. The minimum Gasteiger partial charge on any atom is -0.342 e. The van der Waals surface area contributed by atoms with Crippen LogP contribution in [0.4, 0.5) is 0 Å². The third-order valence-corrected chi connectivity index (χ3v) is 3.25. The molecule has 3 heterocycles. The predicted molar refractivity (Wildman–Crippen MR) is 66.5 cm³/mol. The van der Waals surface area contributed by atoms with Gasteiger partial charge in [0.2, 0.25) is 0 Å². The fourth-order valence-electron chi connectivity index (χ4n) is 2.30. The molecule has 3 rings (SSSR count). The second kappa shape index (κ2) is 4.67. The molecule has 1 fully saturated rings. The third kappa shape index (κ3) is 2.36. The van der Waals surface area contributed by atoms with Gasteiger partial charge in [-0.25, -0.2) is 4.98 Å². The van der Waals surface area contributed by atoms with E-state index in [-0.39, 0.29) is 0 Å². The summed E-state index contributed by atoms with van der Waals surface area (Å²) in [7, 11) is 0. The molecule has 2 aromatic heterocycles. The Balaban J connectivity index is 1.74. The van der Waals surface area contributed by atoms with Gasteiger partial charge in [-0.3, -0.25) is 4.98 Å². The first kappa shape index (κ1) is 10.5. The molecule has 0 radical (unpaired) electrons. The first-order valence-electron chi connectivity index (χ1n) is 6.07. The fraction of sp³-hybridized carbons (Fsp3) is 0.385. The Hall–Kier alpha value is -1.68. The molecule has 0 aromatic carbocycles. The number of pyridine rings is 1. The molecule has 1 aliphatic rings. The van der Waals surface area contributed by atoms with Crippen LogP contribution >= 0.6 is 0 Å². The number of hydrogen-bond donors (Lipinski definition) is 2. The van der Waals surface area contributed by atoms with E-state index in [4.69, 9.17) is 0 Å². The van der Waals surface area contributed by atoms with E-state index >= 15 is 0 Å². The van der Waals surface area contributed by atoms with Crippen molar-refractivity contribution in [1.29, 1.82) is 0 Å². The Labute approximate surface area is 101 Å². The number of nitrogens with one attached hydrogen (secondary N) is 2. The molecule has 2 aromatic rings. The van der Waals surface area contributed by atoms with Crippen LogP contribution < -0.4 is 5.32 Å². The van der Waals surface area contributed by atoms with Gasteiger partial charge >= 0.3 is 0 Å². The van der Waals surface area contributed by atoms with E-state index < -0.39 is 0 Å². The van der Waals surface area contributed by atoms with Crippen LogP contribution in [0.25, 0.3) is 11.3 Å². The summed E-state index contributed by atoms with van der Waals surface area (Å²) in [6.45, 7) is 2.25. The van der Waals surface area contributed by atoms with E-state index in [1.807, 2.05) is 24.5 Å². The number of imidazole rings is 1. The van der Waals surface area contributed by atoms with Crippen molar-refractivity contribution in [3.8, 4) is 11.3 Å². The molecule has 0 aliphatic carbocycles. The van der Waals surface area contributed by atoms with Crippen molar-refractivity contribution in [3.05, 3.63) is 36.5 Å². The van der Waals surface area contributed by atoms with Crippen LogP contribution in [0.3, 0.4) is 0 Å². The minimum atomic E-state index is 0.725. The highest BCUT2D eigenvalue weighted by molar-refractivity contribution is 5.56. The summed E-state index contributed by atoms with van der Waals surface area (Å²) in [6, 6.07) is 3.98. The summed E-state index contributed by atoms with van der Waals surface area (Å²) in [5.41, 5.74) is 2.15. The first-order valence-corrected chi connectivity index (χ1v) is 6.07. The highest BCUT2D eigenvalue weighted by atomic mass is 14.9. The number of rotatable bonds is 3. The van der Waals surface area contributed by atoms with Crippen molar-refractivity contribution in [2.75, 3.05) is 13.1 Å². The minimum absolute atomic E-state index is 0.725. The number of aromatic nitrogens is 3. The summed E-state index contributed by atoms with van der Waals surface area (Å²) in [6.07, 6.45) is 7.82. The molecule has 1 atom stereocenters. The normalized spacial score (nSPS) is 19.6. The quantitative estimate of drug-likeness (QED) is 0.839. The highest BCUT2D eigenvalue weighted by Crippen LogP contribution is 2.18. The van der Waals surface area contributed by atoms with Crippen LogP contribution in [0.1, 0.15) is 12.2 Å². The maximum atomic E-state index is 4.44. The van der Waals surface area contributed by atoms with Gasteiger partial charge in [-0.15, -0.1) is 0 Å². The standard InChI is InChI=1S/C13H16N4/c1-2-11(8-14-4-1)12-9-16-13(17-12)6-10-3-5-15-7-10/h1-2,4,8-10,15H,3,5-7H2,(H,16,17). The zero-order chi connectivity index (χ0) is 11.5. The van der Waals surface area contributed by atoms with Crippen LogP contribution in [0.15, 0.2) is 30.7 Å². The molecule has 88 valence electrons. The number of H-pyrrole nitrogens is 1. The van der Waals surface area contributed by atoms with E-state index in [0.29, 0.717) is 0 Å².